The van der Waals surface area contributed by atoms with Crippen molar-refractivity contribution in [2.45, 2.75) is 13.1 Å². The van der Waals surface area contributed by atoms with Gasteiger partial charge < -0.3 is 54.6 Å². The second kappa shape index (κ2) is 23.2. The number of ether oxygens (including phenoxy) is 2. The fourth-order valence-corrected chi connectivity index (χ4v) is 8.14. The van der Waals surface area contributed by atoms with Gasteiger partial charge in [-0.3, -0.25) is 10.1 Å². The number of nitrogen functional groups attached to an aromatic ring is 1. The van der Waals surface area contributed by atoms with E-state index < -0.39 is 4.92 Å². The lowest BCUT2D eigenvalue weighted by Gasteiger charge is -2.24. The van der Waals surface area contributed by atoms with Gasteiger partial charge in [0.15, 0.2) is 0 Å². The SMILES string of the molecule is C#CCn1cc(-c2ccnc(Nc3cc(N)c(N(C)CCN(C)C)cc3OC)n2)c2ccccc21.C#CCn1cc(-c2ccnc(Nc3cc([N+](=O)[O-])c(N(C)CCN(C)C)cc3OC)n2)c2ccccc21. The minimum atomic E-state index is -0.399. The standard InChI is InChI=1S/C27H29N7O3.C27H31N7O/c1-6-13-33-18-20(19-9-7-8-10-23(19)33)21-11-12-28-27(29-21)30-22-16-25(34(35)36)24(17-26(22)37-5)32(4)15-14-31(2)3;1-6-13-34-18-20(19-9-7-8-10-24(19)34)22-11-12-29-27(30-22)31-23-16-21(28)25(17-26(23)35-5)33(4)15-14-32(2)3/h1,7-12,16-18H,13-15H2,2-5H3,(H,28,29,30);1,7-12,16-18H,13-15,28H2,2-5H3,(H,29,30,31). The van der Waals surface area contributed by atoms with Gasteiger partial charge in [0.1, 0.15) is 17.2 Å². The first-order valence-corrected chi connectivity index (χ1v) is 23.0. The molecule has 8 rings (SSSR count). The van der Waals surface area contributed by atoms with Crippen LogP contribution in [0.3, 0.4) is 0 Å². The summed E-state index contributed by atoms with van der Waals surface area (Å²) in [4.78, 5) is 37.9. The highest BCUT2D eigenvalue weighted by molar-refractivity contribution is 5.96. The van der Waals surface area contributed by atoms with Crippen molar-refractivity contribution in [3.8, 4) is 58.7 Å². The average molecular weight is 969 g/mol. The highest BCUT2D eigenvalue weighted by Gasteiger charge is 2.23. The number of hydrogen-bond donors (Lipinski definition) is 3. The summed E-state index contributed by atoms with van der Waals surface area (Å²) in [5, 5.41) is 20.4. The summed E-state index contributed by atoms with van der Waals surface area (Å²) >= 11 is 0. The normalized spacial score (nSPS) is 10.9. The summed E-state index contributed by atoms with van der Waals surface area (Å²) in [7, 11) is 15.0. The van der Waals surface area contributed by atoms with E-state index in [0.29, 0.717) is 65.5 Å². The van der Waals surface area contributed by atoms with E-state index in [2.05, 4.69) is 63.9 Å². The van der Waals surface area contributed by atoms with Gasteiger partial charge in [0.2, 0.25) is 11.9 Å². The highest BCUT2D eigenvalue weighted by atomic mass is 16.6. The molecule has 0 bridgehead atoms. The number of benzene rings is 4. The second-order valence-corrected chi connectivity index (χ2v) is 17.4. The molecule has 0 aliphatic rings. The lowest BCUT2D eigenvalue weighted by Crippen LogP contribution is -2.29. The largest absolute Gasteiger partial charge is 0.494 e. The number of likely N-dealkylation sites (N-methyl/N-ethyl adjacent to an activating group) is 4. The Morgan fingerprint density at radius 2 is 1.10 bits per heavy atom. The number of methoxy groups -OCH3 is 2. The van der Waals surface area contributed by atoms with Crippen LogP contribution in [0, 0.1) is 34.8 Å². The molecule has 4 aromatic carbocycles. The van der Waals surface area contributed by atoms with Crippen LogP contribution in [-0.4, -0.2) is 126 Å². The van der Waals surface area contributed by atoms with Crippen LogP contribution in [0.25, 0.3) is 44.3 Å². The molecule has 72 heavy (non-hydrogen) atoms. The van der Waals surface area contributed by atoms with Crippen LogP contribution in [0.2, 0.25) is 0 Å². The van der Waals surface area contributed by atoms with E-state index in [1.807, 2.05) is 130 Å². The molecule has 0 aliphatic carbocycles. The molecule has 0 saturated heterocycles. The summed E-state index contributed by atoms with van der Waals surface area (Å²) in [5.41, 5.74) is 14.9. The molecule has 0 spiro atoms. The van der Waals surface area contributed by atoms with E-state index in [1.165, 1.54) is 13.2 Å². The Morgan fingerprint density at radius 1 is 0.653 bits per heavy atom. The molecule has 0 saturated carbocycles. The number of para-hydroxylation sites is 2. The molecule has 0 amide bonds. The molecule has 0 fully saturated rings. The number of terminal acetylenes is 2. The molecule has 4 N–H and O–H groups in total. The van der Waals surface area contributed by atoms with E-state index in [-0.39, 0.29) is 11.6 Å². The zero-order valence-electron chi connectivity index (χ0n) is 41.9. The zero-order chi connectivity index (χ0) is 51.5. The summed E-state index contributed by atoms with van der Waals surface area (Å²) < 4.78 is 15.3. The number of rotatable bonds is 19. The molecule has 0 unspecified atom stereocenters. The molecular formula is C54H60N14O4. The summed E-state index contributed by atoms with van der Waals surface area (Å²) in [5.74, 6) is 7.23. The number of fused-ring (bicyclic) bond motifs is 2. The van der Waals surface area contributed by atoms with E-state index in [0.717, 1.165) is 63.9 Å². The number of nitro groups is 1. The Kier molecular flexibility index (Phi) is 16.4. The van der Waals surface area contributed by atoms with Crippen LogP contribution < -0.4 is 35.6 Å². The van der Waals surface area contributed by atoms with E-state index in [4.69, 9.17) is 33.0 Å². The van der Waals surface area contributed by atoms with Gasteiger partial charge in [-0.25, -0.2) is 19.9 Å². The Labute approximate surface area is 420 Å². The van der Waals surface area contributed by atoms with Gasteiger partial charge >= 0.3 is 0 Å². The number of nitrogens with zero attached hydrogens (tertiary/aromatic N) is 11. The molecule has 4 heterocycles. The van der Waals surface area contributed by atoms with Gasteiger partial charge in [0.25, 0.3) is 5.69 Å². The Hall–Kier alpha value is -8.84. The topological polar surface area (TPSA) is 186 Å². The van der Waals surface area contributed by atoms with Gasteiger partial charge in [-0.2, -0.15) is 0 Å². The summed E-state index contributed by atoms with van der Waals surface area (Å²) in [6.07, 6.45) is 18.5. The van der Waals surface area contributed by atoms with E-state index in [1.54, 1.807) is 25.6 Å². The van der Waals surface area contributed by atoms with Crippen LogP contribution in [-0.2, 0) is 13.1 Å². The smallest absolute Gasteiger partial charge is 0.294 e. The number of aromatic nitrogens is 6. The summed E-state index contributed by atoms with van der Waals surface area (Å²) in [6, 6.07) is 26.7. The van der Waals surface area contributed by atoms with Gasteiger partial charge in [-0.05, 0) is 58.5 Å². The fraction of sp³-hybridized carbons (Fsp3) is 0.259. The maximum atomic E-state index is 11.9. The number of nitro benzene ring substituents is 1. The van der Waals surface area contributed by atoms with Gasteiger partial charge in [-0.1, -0.05) is 48.2 Å². The minimum Gasteiger partial charge on any atom is -0.494 e. The predicted octanol–water partition coefficient (Wildman–Crippen LogP) is 8.45. The molecule has 18 heteroatoms. The van der Waals surface area contributed by atoms with Gasteiger partial charge in [0.05, 0.1) is 66.4 Å². The quantitative estimate of drug-likeness (QED) is 0.0303. The second-order valence-electron chi connectivity index (χ2n) is 17.4. The maximum absolute atomic E-state index is 11.9. The van der Waals surface area contributed by atoms with Crippen molar-refractivity contribution < 1.29 is 14.4 Å². The molecule has 0 atom stereocenters. The van der Waals surface area contributed by atoms with Crippen LogP contribution in [0.4, 0.5) is 46.0 Å². The van der Waals surface area contributed by atoms with E-state index in [9.17, 15) is 10.1 Å². The predicted molar refractivity (Wildman–Crippen MR) is 291 cm³/mol. The number of nitrogens with one attached hydrogen (secondary N) is 2. The van der Waals surface area contributed by atoms with Crippen LogP contribution in [0.15, 0.2) is 110 Å². The van der Waals surface area contributed by atoms with Crippen molar-refractivity contribution >= 4 is 67.8 Å². The van der Waals surface area contributed by atoms with Crippen molar-refractivity contribution in [3.63, 3.8) is 0 Å². The molecule has 18 nitrogen and oxygen atoms in total. The number of nitrogens with two attached hydrogens (primary N) is 1. The third kappa shape index (κ3) is 11.8. The van der Waals surface area contributed by atoms with Crippen LogP contribution in [0.1, 0.15) is 0 Å². The van der Waals surface area contributed by atoms with Gasteiger partial charge in [0, 0.05) is 116 Å². The van der Waals surface area contributed by atoms with Crippen molar-refractivity contribution in [2.75, 3.05) is 109 Å². The van der Waals surface area contributed by atoms with Crippen molar-refractivity contribution in [1.29, 1.82) is 0 Å². The molecule has 8 aromatic rings. The number of anilines is 7. The molecule has 0 radical (unpaired) electrons. The third-order valence-electron chi connectivity index (χ3n) is 11.9. The van der Waals surface area contributed by atoms with Crippen molar-refractivity contribution in [2.24, 2.45) is 0 Å². The zero-order valence-corrected chi connectivity index (χ0v) is 41.9. The first-order valence-electron chi connectivity index (χ1n) is 23.0. The molecule has 0 aliphatic heterocycles. The Bertz CT molecular complexity index is 3280. The van der Waals surface area contributed by atoms with Crippen molar-refractivity contribution in [1.82, 2.24) is 38.9 Å². The maximum Gasteiger partial charge on any atom is 0.294 e. The molecule has 370 valence electrons. The monoisotopic (exact) mass is 968 g/mol. The third-order valence-corrected chi connectivity index (χ3v) is 11.9. The first-order chi connectivity index (χ1) is 34.7. The average Bonchev–Trinajstić information content (AvgIpc) is 3.93. The summed E-state index contributed by atoms with van der Waals surface area (Å²) in [6.45, 7) is 4.04. The number of hydrogen-bond acceptors (Lipinski definition) is 15. The van der Waals surface area contributed by atoms with Crippen LogP contribution in [0.5, 0.6) is 11.5 Å². The van der Waals surface area contributed by atoms with Gasteiger partial charge in [-0.15, -0.1) is 12.8 Å². The Balaban J connectivity index is 0.000000212. The fourth-order valence-electron chi connectivity index (χ4n) is 8.14. The van der Waals surface area contributed by atoms with E-state index >= 15 is 0 Å². The van der Waals surface area contributed by atoms with Crippen molar-refractivity contribution in [3.05, 3.63) is 120 Å². The van der Waals surface area contributed by atoms with Crippen LogP contribution >= 0.6 is 0 Å². The minimum absolute atomic E-state index is 0.0435. The first kappa shape index (κ1) is 51.0. The lowest BCUT2D eigenvalue weighted by atomic mass is 10.1. The Morgan fingerprint density at radius 3 is 1.54 bits per heavy atom. The lowest BCUT2D eigenvalue weighted by molar-refractivity contribution is -0.384. The highest BCUT2D eigenvalue weighted by Crippen LogP contribution is 2.40. The molecule has 4 aromatic heterocycles. The molecular weight excluding hydrogens is 909 g/mol.